The molecule has 0 aromatic heterocycles. The molecule has 1 aliphatic heterocycles. The van der Waals surface area contributed by atoms with Crippen LogP contribution in [0.5, 0.6) is 0 Å². The van der Waals surface area contributed by atoms with E-state index in [-0.39, 0.29) is 11.9 Å². The second-order valence-electron chi connectivity index (χ2n) is 5.47. The Morgan fingerprint density at radius 1 is 1.21 bits per heavy atom. The van der Waals surface area contributed by atoms with Gasteiger partial charge in [0, 0.05) is 19.1 Å². The number of amides is 1. The summed E-state index contributed by atoms with van der Waals surface area (Å²) in [4.78, 5) is 14.4. The number of likely N-dealkylation sites (tertiary alicyclic amines) is 1. The van der Waals surface area contributed by atoms with Crippen molar-refractivity contribution in [1.29, 1.82) is 0 Å². The second kappa shape index (κ2) is 4.97. The van der Waals surface area contributed by atoms with Gasteiger partial charge in [-0.15, -0.1) is 0 Å². The van der Waals surface area contributed by atoms with Gasteiger partial charge in [-0.25, -0.2) is 0 Å². The van der Waals surface area contributed by atoms with E-state index in [0.29, 0.717) is 27.4 Å². The molecule has 0 bridgehead atoms. The number of hydrogen-bond donors (Lipinski definition) is 1. The molecule has 3 atom stereocenters. The molecular weight excluding hydrogens is 283 g/mol. The van der Waals surface area contributed by atoms with Crippen LogP contribution in [0, 0.1) is 11.8 Å². The number of halogens is 2. The van der Waals surface area contributed by atoms with Gasteiger partial charge in [-0.05, 0) is 36.8 Å². The molecule has 1 aromatic carbocycles. The van der Waals surface area contributed by atoms with Crippen molar-refractivity contribution in [1.82, 2.24) is 4.90 Å². The Balaban J connectivity index is 1.83. The molecule has 1 heterocycles. The molecule has 0 spiro atoms. The lowest BCUT2D eigenvalue weighted by atomic mass is 9.98. The summed E-state index contributed by atoms with van der Waals surface area (Å²) in [5.41, 5.74) is 6.51. The van der Waals surface area contributed by atoms with Crippen LogP contribution in [0.2, 0.25) is 10.0 Å². The van der Waals surface area contributed by atoms with Crippen molar-refractivity contribution in [3.05, 3.63) is 33.8 Å². The number of carbonyl (C=O) groups is 1. The molecule has 19 heavy (non-hydrogen) atoms. The first-order valence-electron chi connectivity index (χ1n) is 6.57. The number of nitrogens with zero attached hydrogens (tertiary/aromatic N) is 1. The molecule has 5 heteroatoms. The minimum Gasteiger partial charge on any atom is -0.338 e. The highest BCUT2D eigenvalue weighted by molar-refractivity contribution is 6.39. The Hall–Kier alpha value is -0.770. The maximum atomic E-state index is 12.5. The summed E-state index contributed by atoms with van der Waals surface area (Å²) >= 11 is 12.2. The second-order valence-corrected chi connectivity index (χ2v) is 6.29. The molecule has 1 saturated carbocycles. The lowest BCUT2D eigenvalue weighted by Crippen LogP contribution is -2.33. The first kappa shape index (κ1) is 13.2. The summed E-state index contributed by atoms with van der Waals surface area (Å²) < 4.78 is 0. The normalized spacial score (nSPS) is 29.6. The van der Waals surface area contributed by atoms with Crippen molar-refractivity contribution in [2.24, 2.45) is 17.6 Å². The minimum atomic E-state index is -0.0720. The highest BCUT2D eigenvalue weighted by Gasteiger charge is 2.43. The number of fused-ring (bicyclic) bond motifs is 1. The summed E-state index contributed by atoms with van der Waals surface area (Å²) in [5.74, 6) is 0.905. The van der Waals surface area contributed by atoms with Crippen LogP contribution in [0.15, 0.2) is 18.2 Å². The van der Waals surface area contributed by atoms with Gasteiger partial charge in [0.15, 0.2) is 0 Å². The van der Waals surface area contributed by atoms with E-state index in [1.165, 1.54) is 0 Å². The molecule has 1 saturated heterocycles. The van der Waals surface area contributed by atoms with Crippen LogP contribution in [0.25, 0.3) is 0 Å². The molecule has 3 nitrogen and oxygen atoms in total. The van der Waals surface area contributed by atoms with Gasteiger partial charge in [0.05, 0.1) is 15.6 Å². The van der Waals surface area contributed by atoms with Crippen LogP contribution in [-0.2, 0) is 0 Å². The van der Waals surface area contributed by atoms with Crippen molar-refractivity contribution >= 4 is 29.1 Å². The van der Waals surface area contributed by atoms with E-state index >= 15 is 0 Å². The van der Waals surface area contributed by atoms with E-state index in [2.05, 4.69) is 0 Å². The Morgan fingerprint density at radius 3 is 2.53 bits per heavy atom. The van der Waals surface area contributed by atoms with E-state index < -0.39 is 0 Å². The monoisotopic (exact) mass is 298 g/mol. The van der Waals surface area contributed by atoms with Crippen LogP contribution in [-0.4, -0.2) is 29.9 Å². The van der Waals surface area contributed by atoms with Crippen molar-refractivity contribution in [2.45, 2.75) is 18.9 Å². The number of nitrogens with two attached hydrogens (primary N) is 1. The van der Waals surface area contributed by atoms with Crippen molar-refractivity contribution in [3.8, 4) is 0 Å². The van der Waals surface area contributed by atoms with Gasteiger partial charge in [0.25, 0.3) is 5.91 Å². The van der Waals surface area contributed by atoms with Crippen LogP contribution in [0.3, 0.4) is 0 Å². The van der Waals surface area contributed by atoms with Crippen molar-refractivity contribution < 1.29 is 4.79 Å². The van der Waals surface area contributed by atoms with E-state index in [1.54, 1.807) is 18.2 Å². The topological polar surface area (TPSA) is 46.3 Å². The van der Waals surface area contributed by atoms with E-state index in [9.17, 15) is 4.79 Å². The smallest absolute Gasteiger partial charge is 0.256 e. The average Bonchev–Trinajstić information content (AvgIpc) is 2.92. The zero-order valence-corrected chi connectivity index (χ0v) is 12.0. The molecule has 2 aliphatic rings. The molecular formula is C14H16Cl2N2O. The first-order chi connectivity index (χ1) is 9.08. The van der Waals surface area contributed by atoms with Crippen molar-refractivity contribution in [2.75, 3.05) is 13.1 Å². The predicted octanol–water partition coefficient (Wildman–Crippen LogP) is 2.80. The van der Waals surface area contributed by atoms with E-state index in [4.69, 9.17) is 28.9 Å². The quantitative estimate of drug-likeness (QED) is 0.866. The van der Waals surface area contributed by atoms with Crippen LogP contribution in [0.4, 0.5) is 0 Å². The largest absolute Gasteiger partial charge is 0.338 e. The first-order valence-corrected chi connectivity index (χ1v) is 7.32. The van der Waals surface area contributed by atoms with E-state index in [0.717, 1.165) is 25.9 Å². The third kappa shape index (κ3) is 2.24. The lowest BCUT2D eigenvalue weighted by Gasteiger charge is -2.20. The predicted molar refractivity (Wildman–Crippen MR) is 76.6 cm³/mol. The molecule has 0 radical (unpaired) electrons. The fraction of sp³-hybridized carbons (Fsp3) is 0.500. The molecule has 1 aliphatic carbocycles. The van der Waals surface area contributed by atoms with Gasteiger partial charge in [-0.3, -0.25) is 4.79 Å². The molecule has 1 amide bonds. The van der Waals surface area contributed by atoms with Gasteiger partial charge in [0.1, 0.15) is 0 Å². The number of benzene rings is 1. The van der Waals surface area contributed by atoms with Gasteiger partial charge in [-0.1, -0.05) is 29.3 Å². The van der Waals surface area contributed by atoms with Crippen LogP contribution >= 0.6 is 23.2 Å². The van der Waals surface area contributed by atoms with Gasteiger partial charge in [0.2, 0.25) is 0 Å². The molecule has 3 rings (SSSR count). The summed E-state index contributed by atoms with van der Waals surface area (Å²) in [6.07, 6.45) is 2.19. The lowest BCUT2D eigenvalue weighted by molar-refractivity contribution is 0.0780. The number of rotatable bonds is 1. The maximum Gasteiger partial charge on any atom is 0.256 e. The Kier molecular flexibility index (Phi) is 3.46. The summed E-state index contributed by atoms with van der Waals surface area (Å²) in [6.45, 7) is 1.50. The molecule has 3 unspecified atom stereocenters. The molecule has 1 aromatic rings. The third-order valence-corrected chi connectivity index (χ3v) is 5.01. The molecule has 102 valence electrons. The Bertz CT molecular complexity index is 500. The maximum absolute atomic E-state index is 12.5. The fourth-order valence-corrected chi connectivity index (χ4v) is 3.89. The summed E-state index contributed by atoms with van der Waals surface area (Å²) in [5, 5.41) is 0.831. The summed E-state index contributed by atoms with van der Waals surface area (Å²) in [7, 11) is 0. The van der Waals surface area contributed by atoms with Crippen LogP contribution in [0.1, 0.15) is 23.2 Å². The van der Waals surface area contributed by atoms with Gasteiger partial charge < -0.3 is 10.6 Å². The zero-order chi connectivity index (χ0) is 13.6. The number of carbonyl (C=O) groups excluding carboxylic acids is 1. The third-order valence-electron chi connectivity index (χ3n) is 4.38. The molecule has 2 N–H and O–H groups in total. The highest BCUT2D eigenvalue weighted by atomic mass is 35.5. The standard InChI is InChI=1S/C14H16Cl2N2O/c15-10-2-1-3-11(16)13(10)14(19)18-6-8-4-5-12(17)9(8)7-18/h1-3,8-9,12H,4-7,17H2. The fourth-order valence-electron chi connectivity index (χ4n) is 3.33. The average molecular weight is 299 g/mol. The number of hydrogen-bond acceptors (Lipinski definition) is 2. The Morgan fingerprint density at radius 2 is 1.89 bits per heavy atom. The molecule has 2 fully saturated rings. The minimum absolute atomic E-state index is 0.0720. The summed E-state index contributed by atoms with van der Waals surface area (Å²) in [6, 6.07) is 5.37. The Labute approximate surface area is 122 Å². The van der Waals surface area contributed by atoms with E-state index in [1.807, 2.05) is 4.90 Å². The zero-order valence-electron chi connectivity index (χ0n) is 10.5. The highest BCUT2D eigenvalue weighted by Crippen LogP contribution is 2.38. The van der Waals surface area contributed by atoms with Gasteiger partial charge in [-0.2, -0.15) is 0 Å². The SMILES string of the molecule is NC1CCC2CN(C(=O)c3c(Cl)cccc3Cl)CC12. The van der Waals surface area contributed by atoms with Crippen LogP contribution < -0.4 is 5.73 Å². The van der Waals surface area contributed by atoms with Crippen molar-refractivity contribution in [3.63, 3.8) is 0 Å². The van der Waals surface area contributed by atoms with Gasteiger partial charge >= 0.3 is 0 Å².